The topological polar surface area (TPSA) is 63.6 Å². The number of fused-ring (bicyclic) bond motifs is 1. The Morgan fingerprint density at radius 3 is 2.57 bits per heavy atom. The number of hydrogen-bond acceptors (Lipinski definition) is 3. The molecule has 21 heavy (non-hydrogen) atoms. The van der Waals surface area contributed by atoms with Crippen molar-refractivity contribution in [3.63, 3.8) is 0 Å². The number of hydrogen-bond donors (Lipinski definition) is 1. The average Bonchev–Trinajstić information content (AvgIpc) is 3.26. The summed E-state index contributed by atoms with van der Waals surface area (Å²) < 4.78 is 32.4. The smallest absolute Gasteiger partial charge is 0.339 e. The molecule has 0 radical (unpaired) electrons. The molecule has 4 nitrogen and oxygen atoms in total. The third kappa shape index (κ3) is 2.02. The molecule has 0 spiro atoms. The maximum Gasteiger partial charge on any atom is 0.339 e. The van der Waals surface area contributed by atoms with Crippen LogP contribution < -0.4 is 4.74 Å². The van der Waals surface area contributed by atoms with Gasteiger partial charge in [-0.15, -0.1) is 0 Å². The molecule has 1 unspecified atom stereocenters. The van der Waals surface area contributed by atoms with Crippen LogP contribution in [0.4, 0.5) is 8.78 Å². The summed E-state index contributed by atoms with van der Waals surface area (Å²) >= 11 is 0. The van der Waals surface area contributed by atoms with Gasteiger partial charge in [-0.25, -0.2) is 9.18 Å². The highest BCUT2D eigenvalue weighted by atomic mass is 19.2. The Morgan fingerprint density at radius 2 is 2.05 bits per heavy atom. The number of carbonyl (C=O) groups is 2. The van der Waals surface area contributed by atoms with Crippen LogP contribution in [0.5, 0.6) is 5.75 Å². The van der Waals surface area contributed by atoms with Crippen molar-refractivity contribution >= 4 is 11.8 Å². The van der Waals surface area contributed by atoms with E-state index >= 15 is 0 Å². The second kappa shape index (κ2) is 4.65. The summed E-state index contributed by atoms with van der Waals surface area (Å²) in [4.78, 5) is 23.4. The van der Waals surface area contributed by atoms with E-state index < -0.39 is 34.9 Å². The fourth-order valence-electron chi connectivity index (χ4n) is 2.81. The highest BCUT2D eigenvalue weighted by molar-refractivity contribution is 6.25. The first kappa shape index (κ1) is 13.7. The minimum atomic E-state index is -1.36. The lowest BCUT2D eigenvalue weighted by Crippen LogP contribution is -2.23. The molecule has 0 aliphatic heterocycles. The number of ether oxygens (including phenoxy) is 1. The number of rotatable bonds is 3. The van der Waals surface area contributed by atoms with Gasteiger partial charge in [0.15, 0.2) is 11.6 Å². The van der Waals surface area contributed by atoms with Crippen molar-refractivity contribution < 1.29 is 28.2 Å². The molecule has 0 bridgehead atoms. The summed E-state index contributed by atoms with van der Waals surface area (Å²) in [6.07, 6.45) is 3.04. The van der Waals surface area contributed by atoms with E-state index in [2.05, 4.69) is 0 Å². The van der Waals surface area contributed by atoms with Crippen LogP contribution in [0, 0.1) is 17.6 Å². The van der Waals surface area contributed by atoms with Crippen LogP contribution in [0.2, 0.25) is 0 Å². The van der Waals surface area contributed by atoms with Crippen molar-refractivity contribution in [2.45, 2.75) is 18.8 Å². The Hall–Kier alpha value is -2.24. The van der Waals surface area contributed by atoms with E-state index in [4.69, 9.17) is 9.84 Å². The predicted molar refractivity (Wildman–Crippen MR) is 68.4 cm³/mol. The summed E-state index contributed by atoms with van der Waals surface area (Å²) in [5.41, 5.74) is -0.260. The molecule has 1 saturated carbocycles. The summed E-state index contributed by atoms with van der Waals surface area (Å²) in [7, 11) is 1.20. The minimum absolute atomic E-state index is 0.123. The molecule has 1 aromatic carbocycles. The molecule has 0 amide bonds. The highest BCUT2D eigenvalue weighted by Crippen LogP contribution is 2.50. The van der Waals surface area contributed by atoms with Crippen molar-refractivity contribution in [2.24, 2.45) is 5.92 Å². The molecule has 2 aliphatic rings. The summed E-state index contributed by atoms with van der Waals surface area (Å²) in [5, 5.41) is 9.12. The van der Waals surface area contributed by atoms with E-state index in [1.165, 1.54) is 13.2 Å². The Kier molecular flexibility index (Phi) is 3.04. The molecule has 6 heteroatoms. The number of Topliss-reactive ketones (excluding diaryl/α,β-unsaturated/α-hetero) is 1. The third-order valence-electron chi connectivity index (χ3n) is 3.95. The molecule has 1 atom stereocenters. The maximum absolute atomic E-state index is 13.9. The van der Waals surface area contributed by atoms with E-state index in [0.29, 0.717) is 0 Å². The quantitative estimate of drug-likeness (QED) is 0.871. The first-order valence-electron chi connectivity index (χ1n) is 6.51. The molecular weight excluding hydrogens is 282 g/mol. The van der Waals surface area contributed by atoms with E-state index in [-0.39, 0.29) is 22.8 Å². The largest absolute Gasteiger partial charge is 0.493 e. The standard InChI is InChI=1S/C15H12F2O4/c1-21-14-11-7(6-2-3-6)4-9(15(19)20)13(18)8(11)5-10(16)12(14)17/h4-7H,2-3H2,1H3,(H,19,20). The number of benzene rings is 1. The minimum Gasteiger partial charge on any atom is -0.493 e. The second-order valence-electron chi connectivity index (χ2n) is 5.24. The first-order valence-corrected chi connectivity index (χ1v) is 6.51. The molecule has 0 saturated heterocycles. The molecule has 0 aromatic heterocycles. The lowest BCUT2D eigenvalue weighted by Gasteiger charge is -2.25. The van der Waals surface area contributed by atoms with Gasteiger partial charge in [0.1, 0.15) is 5.57 Å². The van der Waals surface area contributed by atoms with E-state index in [9.17, 15) is 18.4 Å². The molecule has 3 rings (SSSR count). The van der Waals surface area contributed by atoms with Gasteiger partial charge in [0.25, 0.3) is 0 Å². The number of allylic oxidation sites excluding steroid dienone is 1. The van der Waals surface area contributed by atoms with Gasteiger partial charge in [-0.3, -0.25) is 4.79 Å². The predicted octanol–water partition coefficient (Wildman–Crippen LogP) is 2.67. The Morgan fingerprint density at radius 1 is 1.38 bits per heavy atom. The Bertz CT molecular complexity index is 689. The lowest BCUT2D eigenvalue weighted by atomic mass is 9.80. The van der Waals surface area contributed by atoms with E-state index in [1.807, 2.05) is 0 Å². The summed E-state index contributed by atoms with van der Waals surface area (Å²) in [6.45, 7) is 0. The number of carboxylic acid groups (broad SMARTS) is 1. The van der Waals surface area contributed by atoms with Crippen LogP contribution in [0.1, 0.15) is 34.7 Å². The van der Waals surface area contributed by atoms with Crippen molar-refractivity contribution in [3.05, 3.63) is 40.5 Å². The van der Waals surface area contributed by atoms with Crippen molar-refractivity contribution in [2.75, 3.05) is 7.11 Å². The summed E-state index contributed by atoms with van der Waals surface area (Å²) in [6, 6.07) is 0.765. The van der Waals surface area contributed by atoms with Crippen LogP contribution in [-0.2, 0) is 4.79 Å². The summed E-state index contributed by atoms with van der Waals surface area (Å²) in [5.74, 6) is -5.16. The highest BCUT2D eigenvalue weighted by Gasteiger charge is 2.41. The molecule has 1 N–H and O–H groups in total. The van der Waals surface area contributed by atoms with Gasteiger partial charge in [-0.1, -0.05) is 6.08 Å². The zero-order chi connectivity index (χ0) is 15.3. The Labute approximate surface area is 119 Å². The van der Waals surface area contributed by atoms with Crippen LogP contribution in [0.3, 0.4) is 0 Å². The number of carbonyl (C=O) groups excluding carboxylic acids is 1. The monoisotopic (exact) mass is 294 g/mol. The zero-order valence-corrected chi connectivity index (χ0v) is 11.2. The van der Waals surface area contributed by atoms with Crippen molar-refractivity contribution in [1.82, 2.24) is 0 Å². The number of ketones is 1. The van der Waals surface area contributed by atoms with Gasteiger partial charge >= 0.3 is 5.97 Å². The molecule has 110 valence electrons. The van der Waals surface area contributed by atoms with Gasteiger partial charge in [0.05, 0.1) is 7.11 Å². The van der Waals surface area contributed by atoms with Gasteiger partial charge in [-0.2, -0.15) is 4.39 Å². The number of methoxy groups -OCH3 is 1. The molecule has 1 aromatic rings. The van der Waals surface area contributed by atoms with Crippen LogP contribution in [-0.4, -0.2) is 24.0 Å². The lowest BCUT2D eigenvalue weighted by molar-refractivity contribution is -0.132. The Balaban J connectivity index is 2.27. The van der Waals surface area contributed by atoms with Crippen molar-refractivity contribution in [3.8, 4) is 5.75 Å². The molecule has 2 aliphatic carbocycles. The number of aliphatic carboxylic acids is 1. The molecule has 0 heterocycles. The normalized spacial score (nSPS) is 20.8. The van der Waals surface area contributed by atoms with Crippen LogP contribution >= 0.6 is 0 Å². The average molecular weight is 294 g/mol. The van der Waals surface area contributed by atoms with E-state index in [1.54, 1.807) is 0 Å². The fraction of sp³-hybridized carbons (Fsp3) is 0.333. The molecule has 1 fully saturated rings. The molecular formula is C15H12F2O4. The maximum atomic E-state index is 13.9. The van der Waals surface area contributed by atoms with Crippen LogP contribution in [0.15, 0.2) is 17.7 Å². The number of halogens is 2. The van der Waals surface area contributed by atoms with Gasteiger partial charge in [0.2, 0.25) is 11.6 Å². The second-order valence-corrected chi connectivity index (χ2v) is 5.24. The third-order valence-corrected chi connectivity index (χ3v) is 3.95. The van der Waals surface area contributed by atoms with E-state index in [0.717, 1.165) is 18.9 Å². The van der Waals surface area contributed by atoms with Crippen molar-refractivity contribution in [1.29, 1.82) is 0 Å². The SMILES string of the molecule is COc1c(F)c(F)cc2c1C(C1CC1)C=C(C(=O)O)C2=O. The van der Waals surface area contributed by atoms with Gasteiger partial charge in [0, 0.05) is 17.0 Å². The van der Waals surface area contributed by atoms with Gasteiger partial charge < -0.3 is 9.84 Å². The van der Waals surface area contributed by atoms with Crippen LogP contribution in [0.25, 0.3) is 0 Å². The number of carboxylic acids is 1. The first-order chi connectivity index (χ1) is 9.95. The fourth-order valence-corrected chi connectivity index (χ4v) is 2.81. The zero-order valence-electron chi connectivity index (χ0n) is 11.2. The van der Waals surface area contributed by atoms with Gasteiger partial charge in [-0.05, 0) is 24.8 Å².